The monoisotopic (exact) mass is 243 g/mol. The maximum Gasteiger partial charge on any atom is 0.00885 e. The van der Waals surface area contributed by atoms with E-state index in [1.807, 2.05) is 0 Å². The fraction of sp³-hybridized carbons (Fsp3) is 0.647. The lowest BCUT2D eigenvalue weighted by molar-refractivity contribution is 0.117. The number of hydrogen-bond acceptors (Lipinski definition) is 1. The van der Waals surface area contributed by atoms with E-state index in [1.165, 1.54) is 36.8 Å². The maximum atomic E-state index is 3.59. The highest BCUT2D eigenvalue weighted by molar-refractivity contribution is 5.38. The van der Waals surface area contributed by atoms with E-state index in [4.69, 9.17) is 0 Å². The fourth-order valence-corrected chi connectivity index (χ4v) is 3.99. The van der Waals surface area contributed by atoms with Crippen molar-refractivity contribution >= 4 is 0 Å². The molecule has 3 rings (SSSR count). The van der Waals surface area contributed by atoms with Crippen molar-refractivity contribution in [2.45, 2.75) is 51.9 Å². The summed E-state index contributed by atoms with van der Waals surface area (Å²) in [6.45, 7) is 8.90. The second-order valence-corrected chi connectivity index (χ2v) is 6.79. The predicted octanol–water partition coefficient (Wildman–Crippen LogP) is 3.72. The van der Waals surface area contributed by atoms with E-state index >= 15 is 0 Å². The highest BCUT2D eigenvalue weighted by Crippen LogP contribution is 2.68. The van der Waals surface area contributed by atoms with Crippen molar-refractivity contribution in [2.75, 3.05) is 13.1 Å². The van der Waals surface area contributed by atoms with Crippen LogP contribution in [0.1, 0.15) is 49.3 Å². The van der Waals surface area contributed by atoms with Gasteiger partial charge < -0.3 is 5.32 Å². The summed E-state index contributed by atoms with van der Waals surface area (Å²) >= 11 is 0. The Morgan fingerprint density at radius 3 is 2.17 bits per heavy atom. The van der Waals surface area contributed by atoms with Gasteiger partial charge in [0.05, 0.1) is 0 Å². The van der Waals surface area contributed by atoms with Crippen LogP contribution in [-0.4, -0.2) is 13.1 Å². The molecule has 1 aromatic carbocycles. The van der Waals surface area contributed by atoms with E-state index in [0.717, 1.165) is 18.5 Å². The van der Waals surface area contributed by atoms with Crippen LogP contribution in [0.3, 0.4) is 0 Å². The first-order valence-corrected chi connectivity index (χ1v) is 7.37. The molecule has 2 fully saturated rings. The molecule has 98 valence electrons. The first kappa shape index (κ1) is 12.2. The average molecular weight is 243 g/mol. The molecule has 0 atom stereocenters. The second kappa shape index (κ2) is 4.09. The molecule has 1 nitrogen and oxygen atoms in total. The van der Waals surface area contributed by atoms with Crippen LogP contribution in [0.5, 0.6) is 0 Å². The molecule has 0 unspecified atom stereocenters. The van der Waals surface area contributed by atoms with Crippen molar-refractivity contribution in [1.29, 1.82) is 0 Å². The van der Waals surface area contributed by atoms with Crippen molar-refractivity contribution in [3.63, 3.8) is 0 Å². The number of benzene rings is 1. The zero-order chi connectivity index (χ0) is 12.8. The fourth-order valence-electron chi connectivity index (χ4n) is 3.99. The summed E-state index contributed by atoms with van der Waals surface area (Å²) in [5.41, 5.74) is 5.60. The topological polar surface area (TPSA) is 12.0 Å². The summed E-state index contributed by atoms with van der Waals surface area (Å²) in [7, 11) is 0. The van der Waals surface area contributed by atoms with E-state index in [-0.39, 0.29) is 0 Å². The molecule has 0 aliphatic heterocycles. The normalized spacial score (nSPS) is 22.8. The molecular formula is C17H25N. The Labute approximate surface area is 111 Å². The third-order valence-electron chi connectivity index (χ3n) is 4.93. The molecule has 2 aliphatic rings. The zero-order valence-corrected chi connectivity index (χ0v) is 12.0. The maximum absolute atomic E-state index is 3.59. The number of aryl methyl sites for hydroxylation is 2. The third kappa shape index (κ3) is 1.99. The van der Waals surface area contributed by atoms with Gasteiger partial charge in [0.1, 0.15) is 0 Å². The minimum Gasteiger partial charge on any atom is -0.316 e. The van der Waals surface area contributed by atoms with Crippen LogP contribution in [-0.2, 0) is 5.41 Å². The molecule has 0 saturated heterocycles. The molecule has 1 N–H and O–H groups in total. The standard InChI is InChI=1S/C17H25N/c1-4-18-12-17(10-16(11-17)5-6-16)15-8-13(2)7-14(3)9-15/h7-9,18H,4-6,10-12H2,1-3H3. The Hall–Kier alpha value is -0.820. The molecule has 0 radical (unpaired) electrons. The molecule has 2 aliphatic carbocycles. The van der Waals surface area contributed by atoms with Crippen LogP contribution in [0.15, 0.2) is 18.2 Å². The molecule has 0 aromatic heterocycles. The Kier molecular flexibility index (Phi) is 2.78. The summed E-state index contributed by atoms with van der Waals surface area (Å²) in [5.74, 6) is 0. The number of nitrogens with one attached hydrogen (secondary N) is 1. The molecular weight excluding hydrogens is 218 g/mol. The molecule has 2 saturated carbocycles. The molecule has 18 heavy (non-hydrogen) atoms. The molecule has 1 heteroatoms. The van der Waals surface area contributed by atoms with Gasteiger partial charge in [0.2, 0.25) is 0 Å². The summed E-state index contributed by atoms with van der Waals surface area (Å²) in [6.07, 6.45) is 5.78. The minimum atomic E-state index is 0.434. The van der Waals surface area contributed by atoms with Gasteiger partial charge in [-0.25, -0.2) is 0 Å². The highest BCUT2D eigenvalue weighted by atomic mass is 14.9. The van der Waals surface area contributed by atoms with Crippen molar-refractivity contribution in [3.05, 3.63) is 34.9 Å². The SMILES string of the molecule is CCNCC1(c2cc(C)cc(C)c2)CC2(CC2)C1. The van der Waals surface area contributed by atoms with Crippen molar-refractivity contribution in [2.24, 2.45) is 5.41 Å². The van der Waals surface area contributed by atoms with E-state index < -0.39 is 0 Å². The van der Waals surface area contributed by atoms with Gasteiger partial charge in [-0.1, -0.05) is 36.2 Å². The molecule has 0 amide bonds. The quantitative estimate of drug-likeness (QED) is 0.849. The summed E-state index contributed by atoms with van der Waals surface area (Å²) in [4.78, 5) is 0. The lowest BCUT2D eigenvalue weighted by Gasteiger charge is -2.50. The van der Waals surface area contributed by atoms with Crippen LogP contribution in [0.2, 0.25) is 0 Å². The van der Waals surface area contributed by atoms with Crippen LogP contribution < -0.4 is 5.32 Å². The van der Waals surface area contributed by atoms with Crippen molar-refractivity contribution < 1.29 is 0 Å². The van der Waals surface area contributed by atoms with Crippen LogP contribution in [0.25, 0.3) is 0 Å². The molecule has 0 heterocycles. The predicted molar refractivity (Wildman–Crippen MR) is 77.0 cm³/mol. The van der Waals surface area contributed by atoms with Gasteiger partial charge in [-0.2, -0.15) is 0 Å². The Balaban J connectivity index is 1.88. The minimum absolute atomic E-state index is 0.434. The summed E-state index contributed by atoms with van der Waals surface area (Å²) < 4.78 is 0. The largest absolute Gasteiger partial charge is 0.316 e. The van der Waals surface area contributed by atoms with Crippen LogP contribution in [0, 0.1) is 19.3 Å². The van der Waals surface area contributed by atoms with Crippen LogP contribution >= 0.6 is 0 Å². The van der Waals surface area contributed by atoms with Crippen molar-refractivity contribution in [3.8, 4) is 0 Å². The van der Waals surface area contributed by atoms with E-state index in [2.05, 4.69) is 44.3 Å². The first-order chi connectivity index (χ1) is 8.57. The summed E-state index contributed by atoms with van der Waals surface area (Å²) in [5, 5.41) is 3.59. The lowest BCUT2D eigenvalue weighted by Crippen LogP contribution is -2.49. The van der Waals surface area contributed by atoms with E-state index in [9.17, 15) is 0 Å². The Bertz CT molecular complexity index is 428. The molecule has 0 bridgehead atoms. The van der Waals surface area contributed by atoms with Gasteiger partial charge in [0.25, 0.3) is 0 Å². The number of likely N-dealkylation sites (N-methyl/N-ethyl adjacent to an activating group) is 1. The lowest BCUT2D eigenvalue weighted by atomic mass is 9.56. The first-order valence-electron chi connectivity index (χ1n) is 7.37. The Morgan fingerprint density at radius 2 is 1.67 bits per heavy atom. The number of hydrogen-bond donors (Lipinski definition) is 1. The molecule has 1 spiro atoms. The van der Waals surface area contributed by atoms with E-state index in [1.54, 1.807) is 5.56 Å². The zero-order valence-electron chi connectivity index (χ0n) is 12.0. The third-order valence-corrected chi connectivity index (χ3v) is 4.93. The number of rotatable bonds is 4. The van der Waals surface area contributed by atoms with Gasteiger partial charge in [0.15, 0.2) is 0 Å². The van der Waals surface area contributed by atoms with Crippen LogP contribution in [0.4, 0.5) is 0 Å². The van der Waals surface area contributed by atoms with Gasteiger partial charge >= 0.3 is 0 Å². The average Bonchev–Trinajstić information content (AvgIpc) is 3.03. The van der Waals surface area contributed by atoms with Gasteiger partial charge in [-0.05, 0) is 57.1 Å². The van der Waals surface area contributed by atoms with Crippen molar-refractivity contribution in [1.82, 2.24) is 5.32 Å². The second-order valence-electron chi connectivity index (χ2n) is 6.79. The smallest absolute Gasteiger partial charge is 0.00885 e. The highest BCUT2D eigenvalue weighted by Gasteiger charge is 2.60. The van der Waals surface area contributed by atoms with Gasteiger partial charge in [-0.15, -0.1) is 0 Å². The van der Waals surface area contributed by atoms with Gasteiger partial charge in [-0.3, -0.25) is 0 Å². The van der Waals surface area contributed by atoms with E-state index in [0.29, 0.717) is 5.41 Å². The summed E-state index contributed by atoms with van der Waals surface area (Å²) in [6, 6.07) is 7.12. The Morgan fingerprint density at radius 1 is 1.06 bits per heavy atom. The molecule has 1 aromatic rings. The van der Waals surface area contributed by atoms with Gasteiger partial charge in [0, 0.05) is 12.0 Å².